The maximum atomic E-state index is 13.6. The van der Waals surface area contributed by atoms with Crippen molar-refractivity contribution in [2.75, 3.05) is 5.32 Å². The SMILES string of the molecule is O=C(O[C@@H](C(=O)Nc1ccc(Cl)c(C(F)(F)F)c1)c1ccccc1)c1cc(-c2ccccc2)nn1-c1ccccc1. The summed E-state index contributed by atoms with van der Waals surface area (Å²) in [5, 5.41) is 6.51. The van der Waals surface area contributed by atoms with Gasteiger partial charge in [-0.25, -0.2) is 9.48 Å². The molecule has 5 rings (SSSR count). The van der Waals surface area contributed by atoms with E-state index in [2.05, 4.69) is 10.4 Å². The van der Waals surface area contributed by atoms with Crippen LogP contribution in [0.15, 0.2) is 115 Å². The molecule has 10 heteroatoms. The molecule has 0 unspecified atom stereocenters. The number of carbonyl (C=O) groups excluding carboxylic acids is 2. The number of alkyl halides is 3. The highest BCUT2D eigenvalue weighted by Crippen LogP contribution is 2.36. The highest BCUT2D eigenvalue weighted by atomic mass is 35.5. The first-order valence-corrected chi connectivity index (χ1v) is 12.7. The lowest BCUT2D eigenvalue weighted by Gasteiger charge is -2.19. The van der Waals surface area contributed by atoms with Crippen LogP contribution in [0.4, 0.5) is 18.9 Å². The number of halogens is 4. The Morgan fingerprint density at radius 2 is 1.44 bits per heavy atom. The third-order valence-electron chi connectivity index (χ3n) is 6.09. The van der Waals surface area contributed by atoms with Crippen LogP contribution >= 0.6 is 11.6 Å². The molecular weight excluding hydrogens is 555 g/mol. The number of rotatable bonds is 7. The lowest BCUT2D eigenvalue weighted by atomic mass is 10.1. The number of carbonyl (C=O) groups is 2. The zero-order valence-corrected chi connectivity index (χ0v) is 21.9. The molecule has 0 spiro atoms. The van der Waals surface area contributed by atoms with Crippen molar-refractivity contribution in [1.29, 1.82) is 0 Å². The second kappa shape index (κ2) is 11.7. The molecule has 0 aliphatic rings. The predicted octanol–water partition coefficient (Wildman–Crippen LogP) is 7.75. The van der Waals surface area contributed by atoms with Gasteiger partial charge in [-0.3, -0.25) is 4.79 Å². The number of hydrogen-bond donors (Lipinski definition) is 1. The minimum absolute atomic E-state index is 0.0506. The van der Waals surface area contributed by atoms with E-state index < -0.39 is 34.7 Å². The van der Waals surface area contributed by atoms with Crippen molar-refractivity contribution in [2.45, 2.75) is 12.3 Å². The molecule has 0 aliphatic heterocycles. The van der Waals surface area contributed by atoms with Crippen molar-refractivity contribution in [3.63, 3.8) is 0 Å². The van der Waals surface area contributed by atoms with Gasteiger partial charge in [0.2, 0.25) is 6.10 Å². The van der Waals surface area contributed by atoms with Gasteiger partial charge in [-0.15, -0.1) is 0 Å². The van der Waals surface area contributed by atoms with E-state index in [0.717, 1.165) is 17.7 Å². The minimum atomic E-state index is -4.73. The molecule has 1 amide bonds. The van der Waals surface area contributed by atoms with Crippen LogP contribution in [0, 0.1) is 0 Å². The Morgan fingerprint density at radius 1 is 0.829 bits per heavy atom. The van der Waals surface area contributed by atoms with E-state index in [1.165, 1.54) is 10.7 Å². The van der Waals surface area contributed by atoms with Gasteiger partial charge in [0.25, 0.3) is 5.91 Å². The normalized spacial score (nSPS) is 12.0. The maximum Gasteiger partial charge on any atom is 0.417 e. The monoisotopic (exact) mass is 575 g/mol. The maximum absolute atomic E-state index is 13.6. The van der Waals surface area contributed by atoms with Crippen LogP contribution in [-0.2, 0) is 15.7 Å². The van der Waals surface area contributed by atoms with Gasteiger partial charge in [0.15, 0.2) is 5.69 Å². The van der Waals surface area contributed by atoms with Crippen molar-refractivity contribution in [1.82, 2.24) is 9.78 Å². The Morgan fingerprint density at radius 3 is 2.07 bits per heavy atom. The van der Waals surface area contributed by atoms with E-state index in [1.54, 1.807) is 60.7 Å². The van der Waals surface area contributed by atoms with Gasteiger partial charge in [0.1, 0.15) is 0 Å². The highest BCUT2D eigenvalue weighted by molar-refractivity contribution is 6.31. The zero-order valence-electron chi connectivity index (χ0n) is 21.2. The fourth-order valence-electron chi connectivity index (χ4n) is 4.14. The molecule has 1 aromatic heterocycles. The van der Waals surface area contributed by atoms with Crippen LogP contribution in [0.1, 0.15) is 27.7 Å². The van der Waals surface area contributed by atoms with E-state index in [4.69, 9.17) is 16.3 Å². The van der Waals surface area contributed by atoms with Gasteiger partial charge < -0.3 is 10.1 Å². The van der Waals surface area contributed by atoms with Gasteiger partial charge in [-0.1, -0.05) is 90.5 Å². The molecule has 41 heavy (non-hydrogen) atoms. The van der Waals surface area contributed by atoms with Crippen LogP contribution in [0.2, 0.25) is 5.02 Å². The first-order chi connectivity index (χ1) is 19.7. The fourth-order valence-corrected chi connectivity index (χ4v) is 4.36. The minimum Gasteiger partial charge on any atom is -0.443 e. The van der Waals surface area contributed by atoms with E-state index in [1.807, 2.05) is 36.4 Å². The van der Waals surface area contributed by atoms with Gasteiger partial charge in [-0.2, -0.15) is 18.3 Å². The quantitative estimate of drug-likeness (QED) is 0.201. The lowest BCUT2D eigenvalue weighted by molar-refractivity contribution is -0.137. The Labute approximate surface area is 238 Å². The molecule has 206 valence electrons. The number of aromatic nitrogens is 2. The van der Waals surface area contributed by atoms with Crippen LogP contribution in [0.25, 0.3) is 16.9 Å². The van der Waals surface area contributed by atoms with Crippen molar-refractivity contribution in [3.8, 4) is 16.9 Å². The molecule has 1 N–H and O–H groups in total. The molecule has 5 aromatic rings. The highest BCUT2D eigenvalue weighted by Gasteiger charge is 2.34. The van der Waals surface area contributed by atoms with Crippen LogP contribution in [-0.4, -0.2) is 21.7 Å². The van der Waals surface area contributed by atoms with E-state index >= 15 is 0 Å². The summed E-state index contributed by atoms with van der Waals surface area (Å²) in [4.78, 5) is 27.0. The van der Waals surface area contributed by atoms with Gasteiger partial charge in [0.05, 0.1) is 22.0 Å². The predicted molar refractivity (Wildman–Crippen MR) is 149 cm³/mol. The molecule has 4 aromatic carbocycles. The first kappa shape index (κ1) is 27.7. The number of esters is 1. The molecule has 1 heterocycles. The molecule has 0 radical (unpaired) electrons. The van der Waals surface area contributed by atoms with Crippen molar-refractivity contribution in [3.05, 3.63) is 137 Å². The summed E-state index contributed by atoms with van der Waals surface area (Å²) in [6.45, 7) is 0. The zero-order chi connectivity index (χ0) is 29.0. The number of ether oxygens (including phenoxy) is 1. The Bertz CT molecular complexity index is 1680. The van der Waals surface area contributed by atoms with Gasteiger partial charge >= 0.3 is 12.1 Å². The van der Waals surface area contributed by atoms with Gasteiger partial charge in [-0.05, 0) is 36.4 Å². The first-order valence-electron chi connectivity index (χ1n) is 12.3. The fraction of sp³-hybridized carbons (Fsp3) is 0.0645. The lowest BCUT2D eigenvalue weighted by Crippen LogP contribution is -2.27. The molecule has 0 saturated heterocycles. The Balaban J connectivity index is 1.49. The van der Waals surface area contributed by atoms with Gasteiger partial charge in [0, 0.05) is 16.8 Å². The second-order valence-corrected chi connectivity index (χ2v) is 9.31. The number of para-hydroxylation sites is 1. The number of benzene rings is 4. The molecule has 1 atom stereocenters. The van der Waals surface area contributed by atoms with Crippen molar-refractivity contribution < 1.29 is 27.5 Å². The third-order valence-corrected chi connectivity index (χ3v) is 6.42. The summed E-state index contributed by atoms with van der Waals surface area (Å²) in [5.74, 6) is -1.71. The topological polar surface area (TPSA) is 73.2 Å². The van der Waals surface area contributed by atoms with Crippen molar-refractivity contribution in [2.24, 2.45) is 0 Å². The summed E-state index contributed by atoms with van der Waals surface area (Å²) < 4.78 is 47.3. The van der Waals surface area contributed by atoms with Crippen molar-refractivity contribution >= 4 is 29.2 Å². The Hall–Kier alpha value is -4.89. The van der Waals surface area contributed by atoms with E-state index in [-0.39, 0.29) is 11.4 Å². The summed E-state index contributed by atoms with van der Waals surface area (Å²) in [6, 6.07) is 30.8. The summed E-state index contributed by atoms with van der Waals surface area (Å²) in [6.07, 6.45) is -6.22. The standard InChI is InChI=1S/C31H21ClF3N3O3/c32-25-17-16-22(18-24(25)31(33,34)35)36-29(39)28(21-12-6-2-7-13-21)41-30(40)27-19-26(20-10-4-1-5-11-20)37-38(27)23-14-8-3-9-15-23/h1-19,28H,(H,36,39)/t28-/m1/s1. The molecule has 0 saturated carbocycles. The molecule has 0 fully saturated rings. The average molecular weight is 576 g/mol. The van der Waals surface area contributed by atoms with E-state index in [9.17, 15) is 22.8 Å². The molecule has 6 nitrogen and oxygen atoms in total. The molecule has 0 aliphatic carbocycles. The van der Waals surface area contributed by atoms with Crippen LogP contribution in [0.3, 0.4) is 0 Å². The summed E-state index contributed by atoms with van der Waals surface area (Å²) >= 11 is 5.71. The number of hydrogen-bond acceptors (Lipinski definition) is 4. The number of amides is 1. The number of anilines is 1. The van der Waals surface area contributed by atoms with Crippen LogP contribution in [0.5, 0.6) is 0 Å². The second-order valence-electron chi connectivity index (χ2n) is 8.91. The van der Waals surface area contributed by atoms with Crippen LogP contribution < -0.4 is 5.32 Å². The van der Waals surface area contributed by atoms with E-state index in [0.29, 0.717) is 16.9 Å². The smallest absolute Gasteiger partial charge is 0.417 e. The Kier molecular flexibility index (Phi) is 7.89. The third kappa shape index (κ3) is 6.31. The molecular formula is C31H21ClF3N3O3. The number of nitrogens with zero attached hydrogens (tertiary/aromatic N) is 2. The molecule has 0 bridgehead atoms. The largest absolute Gasteiger partial charge is 0.443 e. The average Bonchev–Trinajstić information content (AvgIpc) is 3.43. The summed E-state index contributed by atoms with van der Waals surface area (Å²) in [5.41, 5.74) is 0.949. The number of nitrogens with one attached hydrogen (secondary N) is 1. The summed E-state index contributed by atoms with van der Waals surface area (Å²) in [7, 11) is 0.